The fraction of sp³-hybridized carbons (Fsp3) is 0.318. The second kappa shape index (κ2) is 7.33. The minimum Gasteiger partial charge on any atom is -0.507 e. The van der Waals surface area contributed by atoms with Gasteiger partial charge in [-0.1, -0.05) is 18.7 Å². The van der Waals surface area contributed by atoms with E-state index in [1.165, 1.54) is 6.08 Å². The first-order valence-electron chi connectivity index (χ1n) is 9.67. The Bertz CT molecular complexity index is 972. The van der Waals surface area contributed by atoms with Crippen LogP contribution in [-0.2, 0) is 16.0 Å². The molecule has 1 spiro atoms. The van der Waals surface area contributed by atoms with E-state index in [4.69, 9.17) is 16.2 Å². The van der Waals surface area contributed by atoms with Crippen molar-refractivity contribution >= 4 is 23.5 Å². The maximum atomic E-state index is 11.7. The lowest BCUT2D eigenvalue weighted by molar-refractivity contribution is -0.152. The maximum absolute atomic E-state index is 11.7. The topological polar surface area (TPSA) is 118 Å². The highest BCUT2D eigenvalue weighted by Gasteiger charge is 2.50. The van der Waals surface area contributed by atoms with Gasteiger partial charge in [0.15, 0.2) is 0 Å². The predicted molar refractivity (Wildman–Crippen MR) is 113 cm³/mol. The molecule has 1 unspecified atom stereocenters. The number of carbonyl (C=O) groups excluding carboxylic acids is 1. The number of aromatic hydroxyl groups is 1. The normalized spacial score (nSPS) is 20.6. The summed E-state index contributed by atoms with van der Waals surface area (Å²) in [6, 6.07) is 8.92. The summed E-state index contributed by atoms with van der Waals surface area (Å²) >= 11 is 0. The minimum absolute atomic E-state index is 0.0433. The number of hydrogen-bond acceptors (Lipinski definition) is 5. The molecule has 1 amide bonds. The molecule has 6 N–H and O–H groups in total. The number of carbonyl (C=O) groups is 1. The third-order valence-corrected chi connectivity index (χ3v) is 5.70. The third kappa shape index (κ3) is 3.73. The van der Waals surface area contributed by atoms with Crippen LogP contribution in [-0.4, -0.2) is 46.2 Å². The first-order chi connectivity index (χ1) is 13.9. The summed E-state index contributed by atoms with van der Waals surface area (Å²) in [6.45, 7) is 5.46. The molecule has 0 aliphatic carbocycles. The Morgan fingerprint density at radius 1 is 1.41 bits per heavy atom. The molecule has 7 heteroatoms. The van der Waals surface area contributed by atoms with E-state index in [1.807, 2.05) is 12.1 Å². The van der Waals surface area contributed by atoms with Crippen LogP contribution in [0.5, 0.6) is 5.75 Å². The Labute approximate surface area is 169 Å². The molecule has 1 aromatic carbocycles. The van der Waals surface area contributed by atoms with Gasteiger partial charge in [0.05, 0.1) is 19.7 Å². The molecule has 7 nitrogen and oxygen atoms in total. The molecule has 1 atom stereocenters. The van der Waals surface area contributed by atoms with Crippen molar-refractivity contribution in [2.45, 2.75) is 18.4 Å². The van der Waals surface area contributed by atoms with Crippen LogP contribution in [0.2, 0.25) is 0 Å². The van der Waals surface area contributed by atoms with E-state index < -0.39 is 0 Å². The molecule has 152 valence electrons. The standard InChI is InChI=1S/C22H26N4O3/c1-2-20(28)26-12-22(13-26)10-14(11-29-22)7-16-8-15(21(24)25-16)9-18(23)17-5-3-4-6-19(17)27/h2-6,8-9,14,25,27H,1,7,10-13,23-24H2/b18-9-. The molecule has 2 fully saturated rings. The van der Waals surface area contributed by atoms with Crippen LogP contribution in [0.15, 0.2) is 43.0 Å². The molecule has 0 bridgehead atoms. The van der Waals surface area contributed by atoms with Gasteiger partial charge in [0.25, 0.3) is 0 Å². The zero-order valence-corrected chi connectivity index (χ0v) is 16.2. The van der Waals surface area contributed by atoms with Crippen molar-refractivity contribution < 1.29 is 14.6 Å². The minimum atomic E-state index is -0.209. The number of rotatable bonds is 5. The Balaban J connectivity index is 1.41. The molecule has 2 aromatic rings. The van der Waals surface area contributed by atoms with E-state index in [0.717, 1.165) is 24.1 Å². The largest absolute Gasteiger partial charge is 0.507 e. The summed E-state index contributed by atoms with van der Waals surface area (Å²) in [4.78, 5) is 16.6. The lowest BCUT2D eigenvalue weighted by atomic mass is 9.85. The molecule has 0 saturated carbocycles. The van der Waals surface area contributed by atoms with Gasteiger partial charge in [-0.05, 0) is 49.1 Å². The summed E-state index contributed by atoms with van der Waals surface area (Å²) in [6.07, 6.45) is 4.84. The molecule has 2 aliphatic rings. The van der Waals surface area contributed by atoms with E-state index >= 15 is 0 Å². The van der Waals surface area contributed by atoms with Gasteiger partial charge in [-0.3, -0.25) is 4.79 Å². The number of hydrogen-bond donors (Lipinski definition) is 4. The van der Waals surface area contributed by atoms with Crippen molar-refractivity contribution in [2.75, 3.05) is 25.4 Å². The van der Waals surface area contributed by atoms with Crippen LogP contribution in [0, 0.1) is 5.92 Å². The van der Waals surface area contributed by atoms with Gasteiger partial charge in [0.2, 0.25) is 5.91 Å². The Morgan fingerprint density at radius 2 is 2.17 bits per heavy atom. The number of H-pyrrole nitrogens is 1. The summed E-state index contributed by atoms with van der Waals surface area (Å²) in [7, 11) is 0. The number of phenols is 1. The SMILES string of the molecule is C=CC(=O)N1CC2(CC(Cc3cc(/C=C(\N)c4ccccc4O)c(N)[nH]3)CO2)C1. The zero-order valence-electron chi connectivity index (χ0n) is 16.2. The number of aromatic nitrogens is 1. The van der Waals surface area contributed by atoms with Crippen LogP contribution < -0.4 is 11.5 Å². The monoisotopic (exact) mass is 394 g/mol. The van der Waals surface area contributed by atoms with Gasteiger partial charge in [0, 0.05) is 22.5 Å². The van der Waals surface area contributed by atoms with E-state index in [-0.39, 0.29) is 17.3 Å². The number of benzene rings is 1. The zero-order chi connectivity index (χ0) is 20.6. The molecular formula is C22H26N4O3. The van der Waals surface area contributed by atoms with Crippen molar-refractivity contribution in [3.63, 3.8) is 0 Å². The molecule has 29 heavy (non-hydrogen) atoms. The van der Waals surface area contributed by atoms with E-state index in [2.05, 4.69) is 11.6 Å². The molecular weight excluding hydrogens is 368 g/mol. The number of aromatic amines is 1. The first-order valence-corrected chi connectivity index (χ1v) is 9.67. The maximum Gasteiger partial charge on any atom is 0.246 e. The van der Waals surface area contributed by atoms with Crippen molar-refractivity contribution in [1.82, 2.24) is 9.88 Å². The molecule has 2 saturated heterocycles. The molecule has 0 radical (unpaired) electrons. The van der Waals surface area contributed by atoms with Gasteiger partial charge in [0.1, 0.15) is 17.2 Å². The molecule has 3 heterocycles. The molecule has 1 aromatic heterocycles. The fourth-order valence-corrected chi connectivity index (χ4v) is 4.27. The first kappa shape index (κ1) is 19.1. The van der Waals surface area contributed by atoms with E-state index in [9.17, 15) is 9.90 Å². The molecule has 4 rings (SSSR count). The van der Waals surface area contributed by atoms with Gasteiger partial charge in [-0.25, -0.2) is 0 Å². The van der Waals surface area contributed by atoms with Crippen molar-refractivity contribution in [3.05, 3.63) is 59.8 Å². The smallest absolute Gasteiger partial charge is 0.246 e. The Morgan fingerprint density at radius 3 is 2.90 bits per heavy atom. The number of para-hydroxylation sites is 1. The van der Waals surface area contributed by atoms with Crippen molar-refractivity contribution in [1.29, 1.82) is 0 Å². The average molecular weight is 394 g/mol. The lowest BCUT2D eigenvalue weighted by Crippen LogP contribution is -2.62. The highest BCUT2D eigenvalue weighted by Crippen LogP contribution is 2.39. The highest BCUT2D eigenvalue weighted by atomic mass is 16.5. The number of nitrogens with one attached hydrogen (secondary N) is 1. The number of nitrogens with two attached hydrogens (primary N) is 2. The van der Waals surface area contributed by atoms with Crippen molar-refractivity contribution in [2.24, 2.45) is 11.7 Å². The van der Waals surface area contributed by atoms with Crippen molar-refractivity contribution in [3.8, 4) is 5.75 Å². The second-order valence-corrected chi connectivity index (χ2v) is 7.95. The fourth-order valence-electron chi connectivity index (χ4n) is 4.27. The Hall–Kier alpha value is -3.19. The summed E-state index contributed by atoms with van der Waals surface area (Å²) in [5, 5.41) is 9.97. The van der Waals surface area contributed by atoms with Gasteiger partial charge in [-0.15, -0.1) is 0 Å². The number of ether oxygens (including phenoxy) is 1. The number of amides is 1. The predicted octanol–water partition coefficient (Wildman–Crippen LogP) is 2.11. The van der Waals surface area contributed by atoms with Crippen LogP contribution >= 0.6 is 0 Å². The summed E-state index contributed by atoms with van der Waals surface area (Å²) in [5.74, 6) is 0.992. The summed E-state index contributed by atoms with van der Waals surface area (Å²) in [5.41, 5.74) is 14.9. The highest BCUT2D eigenvalue weighted by molar-refractivity contribution is 5.88. The average Bonchev–Trinajstić information content (AvgIpc) is 3.24. The van der Waals surface area contributed by atoms with Crippen LogP contribution in [0.25, 0.3) is 11.8 Å². The summed E-state index contributed by atoms with van der Waals surface area (Å²) < 4.78 is 6.03. The second-order valence-electron chi connectivity index (χ2n) is 7.95. The van der Waals surface area contributed by atoms with Gasteiger partial charge in [-0.2, -0.15) is 0 Å². The lowest BCUT2D eigenvalue weighted by Gasteiger charge is -2.46. The molecule has 2 aliphatic heterocycles. The number of phenolic OH excluding ortho intramolecular Hbond substituents is 1. The number of anilines is 1. The van der Waals surface area contributed by atoms with E-state index in [1.54, 1.807) is 29.2 Å². The number of nitrogen functional groups attached to an aromatic ring is 1. The third-order valence-electron chi connectivity index (χ3n) is 5.70. The number of nitrogens with zero attached hydrogens (tertiary/aromatic N) is 1. The quantitative estimate of drug-likeness (QED) is 0.580. The van der Waals surface area contributed by atoms with E-state index in [0.29, 0.717) is 42.7 Å². The van der Waals surface area contributed by atoms with Gasteiger partial charge >= 0.3 is 0 Å². The number of likely N-dealkylation sites (tertiary alicyclic amines) is 1. The van der Waals surface area contributed by atoms with Crippen LogP contribution in [0.3, 0.4) is 0 Å². The van der Waals surface area contributed by atoms with Gasteiger partial charge < -0.3 is 31.2 Å². The van der Waals surface area contributed by atoms with Crippen LogP contribution in [0.4, 0.5) is 5.82 Å². The van der Waals surface area contributed by atoms with Crippen LogP contribution in [0.1, 0.15) is 23.2 Å². The Kier molecular flexibility index (Phi) is 4.84.